The smallest absolute Gasteiger partial charge is 0.308 e. The summed E-state index contributed by atoms with van der Waals surface area (Å²) in [5.74, 6) is -10.3. The number of primary amides is 1. The number of thiol groups is 1. The Hall–Kier alpha value is -3.61. The summed E-state index contributed by atoms with van der Waals surface area (Å²) in [5, 5.41) is 16.5. The second kappa shape index (κ2) is 40.5. The molecule has 0 aliphatic rings. The molecule has 0 radical (unpaired) electrons. The van der Waals surface area contributed by atoms with Gasteiger partial charge in [-0.25, -0.2) is 3.63 Å². The van der Waals surface area contributed by atoms with Crippen LogP contribution in [0, 0.1) is 29.6 Å². The van der Waals surface area contributed by atoms with E-state index in [9.17, 15) is 42.3 Å². The molecular weight excluding hydrogens is 1040 g/mol. The second-order valence-corrected chi connectivity index (χ2v) is 23.8. The van der Waals surface area contributed by atoms with Gasteiger partial charge in [0.2, 0.25) is 17.7 Å². The van der Waals surface area contributed by atoms with Crippen molar-refractivity contribution in [1.82, 2.24) is 10.6 Å². The fraction of sp³-hybridized carbons (Fsp3) is 0.870. The summed E-state index contributed by atoms with van der Waals surface area (Å²) < 4.78 is 63.5. The number of quaternary nitrogens is 1. The van der Waals surface area contributed by atoms with Crippen molar-refractivity contribution < 1.29 is 83.6 Å². The number of nitrogens with two attached hydrogens (primary N) is 1. The van der Waals surface area contributed by atoms with E-state index in [0.29, 0.717) is 11.0 Å². The normalized spacial score (nSPS) is 14.2. The van der Waals surface area contributed by atoms with Crippen LogP contribution in [0.5, 0.6) is 0 Å². The molecule has 0 aromatic rings. The number of carboxylic acids is 1. The summed E-state index contributed by atoms with van der Waals surface area (Å²) in [6, 6.07) is 0. The molecule has 21 nitrogen and oxygen atoms in total. The SMILES string of the molecule is CCCCCCCCCCCC[N+](C)(C)CC(C)CC(CC(CC(CC(CC)C(N)=O)C(=O)O)C(=O)NC(COCCC(=O)OCC)(COCCC(=O)OCC)COCCC(=O)OCC)C(=O)NC(C)(C)CS(=O)(=O)OS. The first kappa shape index (κ1) is 73.4. The highest BCUT2D eigenvalue weighted by Crippen LogP contribution is 2.31. The van der Waals surface area contributed by atoms with Crippen LogP contribution in [0.2, 0.25) is 0 Å². The molecule has 5 unspecified atom stereocenters. The Morgan fingerprint density at radius 2 is 1.01 bits per heavy atom. The fourth-order valence-electron chi connectivity index (χ4n) is 9.46. The third-order valence-corrected chi connectivity index (χ3v) is 15.2. The van der Waals surface area contributed by atoms with E-state index in [1.807, 2.05) is 6.92 Å². The number of amides is 3. The Labute approximate surface area is 466 Å². The van der Waals surface area contributed by atoms with Crippen LogP contribution in [-0.4, -0.2) is 163 Å². The monoisotopic (exact) mass is 1140 g/mol. The summed E-state index contributed by atoms with van der Waals surface area (Å²) in [5.41, 5.74) is 2.67. The van der Waals surface area contributed by atoms with Crippen LogP contribution in [0.15, 0.2) is 0 Å². The van der Waals surface area contributed by atoms with E-state index >= 15 is 4.79 Å². The predicted molar refractivity (Wildman–Crippen MR) is 296 cm³/mol. The van der Waals surface area contributed by atoms with Crippen molar-refractivity contribution in [3.05, 3.63) is 0 Å². The largest absolute Gasteiger partial charge is 0.481 e. The molecule has 0 aliphatic carbocycles. The molecule has 0 heterocycles. The number of nitrogens with zero attached hydrogens (tertiary/aromatic N) is 1. The quantitative estimate of drug-likeness (QED) is 0.0109. The average Bonchev–Trinajstić information content (AvgIpc) is 3.33. The van der Waals surface area contributed by atoms with Gasteiger partial charge in [-0.2, -0.15) is 8.42 Å². The number of carbonyl (C=O) groups excluding carboxylic acids is 6. The van der Waals surface area contributed by atoms with Crippen LogP contribution in [0.3, 0.4) is 0 Å². The summed E-state index contributed by atoms with van der Waals surface area (Å²) in [6.07, 6.45) is 11.1. The average molecular weight is 1140 g/mol. The number of aliphatic carboxylic acids is 1. The molecule has 0 bridgehead atoms. The maximum Gasteiger partial charge on any atom is 0.308 e. The predicted octanol–water partition coefficient (Wildman–Crippen LogP) is 6.48. The lowest BCUT2D eigenvalue weighted by molar-refractivity contribution is -0.893. The minimum Gasteiger partial charge on any atom is -0.481 e. The molecule has 3 amide bonds. The fourth-order valence-corrected chi connectivity index (χ4v) is 10.6. The lowest BCUT2D eigenvalue weighted by Crippen LogP contribution is -2.60. The van der Waals surface area contributed by atoms with Gasteiger partial charge in [-0.15, -0.1) is 0 Å². The highest BCUT2D eigenvalue weighted by molar-refractivity contribution is 7.95. The zero-order chi connectivity index (χ0) is 58.5. The summed E-state index contributed by atoms with van der Waals surface area (Å²) in [4.78, 5) is 92.8. The number of ether oxygens (including phenoxy) is 6. The number of esters is 3. The van der Waals surface area contributed by atoms with Gasteiger partial charge in [-0.05, 0) is 92.5 Å². The van der Waals surface area contributed by atoms with Gasteiger partial charge in [-0.1, -0.05) is 72.1 Å². The van der Waals surface area contributed by atoms with E-state index in [1.165, 1.54) is 58.8 Å². The molecule has 0 saturated heterocycles. The number of hydrogen-bond acceptors (Lipinski definition) is 17. The number of carbonyl (C=O) groups is 7. The molecular formula is C54H101N4O17S2+. The number of nitrogens with one attached hydrogen (secondary N) is 2. The molecule has 450 valence electrons. The maximum absolute atomic E-state index is 15.3. The van der Waals surface area contributed by atoms with E-state index in [2.05, 4.69) is 48.2 Å². The van der Waals surface area contributed by atoms with Gasteiger partial charge in [-0.3, -0.25) is 33.6 Å². The lowest BCUT2D eigenvalue weighted by atomic mass is 9.79. The standard InChI is InChI=1S/C54H100N4O17S2/c1-11-16-17-18-19-20-21-22-23-24-28-58(9,10)36-41(6)32-43(50(63)56-53(7,8)40-77(67,68)75-76)34-44(35-45(52(65)66)33-42(12-2)49(55)62)51(64)57-54(37-69-29-25-46(59)72-13-3,38-70-30-26-47(60)73-14-4)39-71-31-27-48(61)74-15-5/h41-45H,11-40H2,1-10H3,(H5-,55,56,57,62,63,64,65,66,76)/p+1. The Morgan fingerprint density at radius 3 is 1.42 bits per heavy atom. The van der Waals surface area contributed by atoms with E-state index in [-0.39, 0.29) is 117 Å². The number of rotatable bonds is 49. The van der Waals surface area contributed by atoms with Crippen LogP contribution in [0.4, 0.5) is 0 Å². The topological polar surface area (TPSA) is 289 Å². The first-order chi connectivity index (χ1) is 36.2. The van der Waals surface area contributed by atoms with Crippen molar-refractivity contribution in [2.75, 3.05) is 92.4 Å². The highest BCUT2D eigenvalue weighted by Gasteiger charge is 2.41. The van der Waals surface area contributed by atoms with Gasteiger partial charge < -0.3 is 54.4 Å². The molecule has 0 aromatic heterocycles. The van der Waals surface area contributed by atoms with Crippen molar-refractivity contribution in [2.24, 2.45) is 35.3 Å². The van der Waals surface area contributed by atoms with Crippen molar-refractivity contribution in [2.45, 2.75) is 182 Å². The van der Waals surface area contributed by atoms with Crippen LogP contribution in [0.1, 0.15) is 171 Å². The van der Waals surface area contributed by atoms with Gasteiger partial charge in [0.25, 0.3) is 10.1 Å². The molecule has 5 atom stereocenters. The van der Waals surface area contributed by atoms with Gasteiger partial charge in [0, 0.05) is 23.7 Å². The minimum absolute atomic E-state index is 0.132. The third-order valence-electron chi connectivity index (χ3n) is 13.2. The maximum atomic E-state index is 15.3. The second-order valence-electron chi connectivity index (χ2n) is 21.8. The van der Waals surface area contributed by atoms with Crippen LogP contribution in [-0.2, 0) is 75.7 Å². The van der Waals surface area contributed by atoms with Crippen LogP contribution >= 0.6 is 12.9 Å². The van der Waals surface area contributed by atoms with Crippen molar-refractivity contribution in [3.63, 3.8) is 0 Å². The van der Waals surface area contributed by atoms with Gasteiger partial charge in [0.15, 0.2) is 0 Å². The van der Waals surface area contributed by atoms with E-state index in [4.69, 9.17) is 34.2 Å². The molecule has 23 heteroatoms. The third kappa shape index (κ3) is 35.6. The minimum atomic E-state index is -4.21. The molecule has 0 spiro atoms. The molecule has 0 rings (SSSR count). The highest BCUT2D eigenvalue weighted by atomic mass is 32.3. The van der Waals surface area contributed by atoms with Crippen molar-refractivity contribution in [1.29, 1.82) is 0 Å². The first-order valence-electron chi connectivity index (χ1n) is 28.0. The summed E-state index contributed by atoms with van der Waals surface area (Å²) in [7, 11) is 0.0426. The van der Waals surface area contributed by atoms with E-state index in [0.717, 1.165) is 25.8 Å². The molecule has 0 aliphatic heterocycles. The van der Waals surface area contributed by atoms with Crippen LogP contribution < -0.4 is 16.4 Å². The number of hydrogen-bond donors (Lipinski definition) is 5. The lowest BCUT2D eigenvalue weighted by Gasteiger charge is -2.37. The Morgan fingerprint density at radius 1 is 0.610 bits per heavy atom. The molecule has 0 fully saturated rings. The van der Waals surface area contributed by atoms with Crippen LogP contribution in [0.25, 0.3) is 0 Å². The number of unbranched alkanes of at least 4 members (excludes halogenated alkanes) is 9. The zero-order valence-corrected chi connectivity index (χ0v) is 50.2. The van der Waals surface area contributed by atoms with Crippen molar-refractivity contribution in [3.8, 4) is 0 Å². The van der Waals surface area contributed by atoms with E-state index < -0.39 is 92.2 Å². The Bertz CT molecular complexity index is 1770. The molecule has 0 saturated carbocycles. The first-order valence-corrected chi connectivity index (χ1v) is 29.9. The Balaban J connectivity index is 7.52. The molecule has 5 N–H and O–H groups in total. The van der Waals surface area contributed by atoms with Gasteiger partial charge in [0.1, 0.15) is 5.54 Å². The Kier molecular flexibility index (Phi) is 38.6. The van der Waals surface area contributed by atoms with E-state index in [1.54, 1.807) is 27.7 Å². The van der Waals surface area contributed by atoms with Crippen molar-refractivity contribution >= 4 is 64.6 Å². The summed E-state index contributed by atoms with van der Waals surface area (Å²) in [6.45, 7) is 14.2. The zero-order valence-electron chi connectivity index (χ0n) is 48.5. The molecule has 77 heavy (non-hydrogen) atoms. The number of carboxylic acid groups (broad SMARTS) is 1. The van der Waals surface area contributed by atoms with Gasteiger partial charge >= 0.3 is 23.9 Å². The molecule has 0 aromatic carbocycles. The summed E-state index contributed by atoms with van der Waals surface area (Å²) >= 11 is 3.50. The van der Waals surface area contributed by atoms with Gasteiger partial charge in [0.05, 0.1) is 123 Å².